The van der Waals surface area contributed by atoms with E-state index in [9.17, 15) is 0 Å². The maximum absolute atomic E-state index is 2.46. The number of rotatable bonds is 3. The predicted molar refractivity (Wildman–Crippen MR) is 72.3 cm³/mol. The normalized spacial score (nSPS) is 26.2. The van der Waals surface area contributed by atoms with Crippen molar-refractivity contribution in [3.05, 3.63) is 23.4 Å². The van der Waals surface area contributed by atoms with Gasteiger partial charge in [-0.1, -0.05) is 38.5 Å². The third kappa shape index (κ3) is 2.50. The lowest BCUT2D eigenvalue weighted by Gasteiger charge is -2.42. The first-order chi connectivity index (χ1) is 7.29. The van der Waals surface area contributed by atoms with Crippen LogP contribution in [0, 0.1) is 11.8 Å². The van der Waals surface area contributed by atoms with Crippen LogP contribution < -0.4 is 0 Å². The zero-order valence-electron chi connectivity index (χ0n) is 12.0. The zero-order chi connectivity index (χ0) is 12.5. The van der Waals surface area contributed by atoms with E-state index in [1.165, 1.54) is 17.7 Å². The third-order valence-corrected chi connectivity index (χ3v) is 4.28. The molecule has 16 heavy (non-hydrogen) atoms. The van der Waals surface area contributed by atoms with E-state index in [4.69, 9.17) is 0 Å². The summed E-state index contributed by atoms with van der Waals surface area (Å²) in [4.78, 5) is 2.46. The Kier molecular flexibility index (Phi) is 3.88. The van der Waals surface area contributed by atoms with Crippen LogP contribution in [0.4, 0.5) is 0 Å². The van der Waals surface area contributed by atoms with E-state index in [0.717, 1.165) is 0 Å². The Balaban J connectivity index is 2.94. The predicted octanol–water partition coefficient (Wildman–Crippen LogP) is 4.22. The molecule has 1 aliphatic carbocycles. The molecule has 0 heterocycles. The largest absolute Gasteiger partial charge is 0.373 e. The molecule has 0 aromatic carbocycles. The molecule has 2 unspecified atom stereocenters. The van der Waals surface area contributed by atoms with Gasteiger partial charge in [0.25, 0.3) is 0 Å². The molecular formula is C15H27N. The molecule has 0 aromatic rings. The Morgan fingerprint density at radius 3 is 2.25 bits per heavy atom. The summed E-state index contributed by atoms with van der Waals surface area (Å²) in [6.07, 6.45) is 6.00. The third-order valence-electron chi connectivity index (χ3n) is 4.28. The zero-order valence-corrected chi connectivity index (χ0v) is 12.0. The smallest absolute Gasteiger partial charge is 0.0337 e. The Morgan fingerprint density at radius 1 is 1.19 bits per heavy atom. The molecule has 0 fully saturated rings. The van der Waals surface area contributed by atoms with Crippen LogP contribution in [0.25, 0.3) is 0 Å². The summed E-state index contributed by atoms with van der Waals surface area (Å²) in [6, 6.07) is 0. The van der Waals surface area contributed by atoms with E-state index in [0.29, 0.717) is 11.8 Å². The summed E-state index contributed by atoms with van der Waals surface area (Å²) in [5.74, 6) is 1.13. The molecule has 0 spiro atoms. The second-order valence-corrected chi connectivity index (χ2v) is 5.80. The van der Waals surface area contributed by atoms with Gasteiger partial charge in [-0.2, -0.15) is 0 Å². The molecule has 0 N–H and O–H groups in total. The van der Waals surface area contributed by atoms with Gasteiger partial charge in [0, 0.05) is 24.2 Å². The number of allylic oxidation sites excluding steroid dienone is 3. The molecular weight excluding hydrogens is 194 g/mol. The summed E-state index contributed by atoms with van der Waals surface area (Å²) in [6.45, 7) is 13.7. The minimum atomic E-state index is 0.249. The Labute approximate surface area is 101 Å². The fourth-order valence-electron chi connectivity index (χ4n) is 2.17. The summed E-state index contributed by atoms with van der Waals surface area (Å²) in [5.41, 5.74) is 3.22. The van der Waals surface area contributed by atoms with Gasteiger partial charge < -0.3 is 4.90 Å². The summed E-state index contributed by atoms with van der Waals surface area (Å²) in [7, 11) is 2.23. The molecule has 1 nitrogen and oxygen atoms in total. The lowest BCUT2D eigenvalue weighted by molar-refractivity contribution is 0.182. The molecule has 1 aliphatic rings. The van der Waals surface area contributed by atoms with Gasteiger partial charge in [-0.15, -0.1) is 0 Å². The van der Waals surface area contributed by atoms with Crippen LogP contribution in [0.1, 0.15) is 48.0 Å². The number of nitrogens with zero attached hydrogens (tertiary/aromatic N) is 1. The second kappa shape index (κ2) is 4.65. The minimum Gasteiger partial charge on any atom is -0.373 e. The van der Waals surface area contributed by atoms with E-state index < -0.39 is 0 Å². The molecule has 1 rings (SSSR count). The molecule has 0 saturated heterocycles. The fraction of sp³-hybridized carbons (Fsp3) is 0.733. The Morgan fingerprint density at radius 2 is 1.75 bits per heavy atom. The molecule has 92 valence electrons. The van der Waals surface area contributed by atoms with E-state index >= 15 is 0 Å². The van der Waals surface area contributed by atoms with E-state index in [1.54, 1.807) is 0 Å². The highest BCUT2D eigenvalue weighted by Crippen LogP contribution is 2.32. The van der Waals surface area contributed by atoms with Gasteiger partial charge in [0.05, 0.1) is 0 Å². The SMILES string of the molecule is CCC(C)(C)N(C)C1=CC(C)C(C)=CC1C. The van der Waals surface area contributed by atoms with Gasteiger partial charge in [0.1, 0.15) is 0 Å². The van der Waals surface area contributed by atoms with Gasteiger partial charge in [-0.25, -0.2) is 0 Å². The Bertz CT molecular complexity index is 309. The first kappa shape index (κ1) is 13.3. The van der Waals surface area contributed by atoms with E-state index in [1.807, 2.05) is 0 Å². The molecule has 0 aliphatic heterocycles. The lowest BCUT2D eigenvalue weighted by Crippen LogP contribution is -2.41. The first-order valence-electron chi connectivity index (χ1n) is 6.43. The molecule has 0 bridgehead atoms. The van der Waals surface area contributed by atoms with Crippen molar-refractivity contribution >= 4 is 0 Å². The van der Waals surface area contributed by atoms with E-state index in [2.05, 4.69) is 65.6 Å². The second-order valence-electron chi connectivity index (χ2n) is 5.80. The summed E-state index contributed by atoms with van der Waals surface area (Å²) < 4.78 is 0. The van der Waals surface area contributed by atoms with Crippen LogP contribution in [-0.2, 0) is 0 Å². The van der Waals surface area contributed by atoms with Crippen molar-refractivity contribution in [2.24, 2.45) is 11.8 Å². The quantitative estimate of drug-likeness (QED) is 0.645. The highest BCUT2D eigenvalue weighted by Gasteiger charge is 2.27. The lowest BCUT2D eigenvalue weighted by atomic mass is 9.86. The average Bonchev–Trinajstić information content (AvgIpc) is 2.22. The monoisotopic (exact) mass is 221 g/mol. The fourth-order valence-corrected chi connectivity index (χ4v) is 2.17. The Hall–Kier alpha value is -0.720. The van der Waals surface area contributed by atoms with Crippen LogP contribution in [-0.4, -0.2) is 17.5 Å². The van der Waals surface area contributed by atoms with Crippen molar-refractivity contribution < 1.29 is 0 Å². The standard InChI is InChI=1S/C15H27N/c1-8-15(5,6)16(7)14-10-12(3)11(2)9-13(14)4/h9-10,12-13H,8H2,1-7H3. The van der Waals surface area contributed by atoms with Crippen molar-refractivity contribution in [2.75, 3.05) is 7.05 Å². The van der Waals surface area contributed by atoms with Crippen LogP contribution >= 0.6 is 0 Å². The highest BCUT2D eigenvalue weighted by molar-refractivity contribution is 5.26. The first-order valence-corrected chi connectivity index (χ1v) is 6.43. The van der Waals surface area contributed by atoms with Crippen molar-refractivity contribution in [3.63, 3.8) is 0 Å². The molecule has 2 atom stereocenters. The van der Waals surface area contributed by atoms with Gasteiger partial charge in [-0.05, 0) is 33.1 Å². The van der Waals surface area contributed by atoms with Crippen molar-refractivity contribution in [2.45, 2.75) is 53.5 Å². The maximum Gasteiger partial charge on any atom is 0.0337 e. The minimum absolute atomic E-state index is 0.249. The number of hydrogen-bond donors (Lipinski definition) is 0. The van der Waals surface area contributed by atoms with Crippen molar-refractivity contribution in [1.82, 2.24) is 4.90 Å². The highest BCUT2D eigenvalue weighted by atomic mass is 15.2. The van der Waals surface area contributed by atoms with Gasteiger partial charge in [-0.3, -0.25) is 0 Å². The number of hydrogen-bond acceptors (Lipinski definition) is 1. The van der Waals surface area contributed by atoms with Crippen LogP contribution in [0.5, 0.6) is 0 Å². The van der Waals surface area contributed by atoms with Crippen LogP contribution in [0.3, 0.4) is 0 Å². The topological polar surface area (TPSA) is 3.24 Å². The molecule has 0 saturated carbocycles. The van der Waals surface area contributed by atoms with Crippen LogP contribution in [0.15, 0.2) is 23.4 Å². The van der Waals surface area contributed by atoms with Gasteiger partial charge >= 0.3 is 0 Å². The maximum atomic E-state index is 2.46. The molecule has 0 radical (unpaired) electrons. The van der Waals surface area contributed by atoms with Crippen LogP contribution in [0.2, 0.25) is 0 Å². The van der Waals surface area contributed by atoms with Crippen molar-refractivity contribution in [1.29, 1.82) is 0 Å². The molecule has 1 heteroatoms. The summed E-state index contributed by atoms with van der Waals surface area (Å²) >= 11 is 0. The average molecular weight is 221 g/mol. The van der Waals surface area contributed by atoms with Gasteiger partial charge in [0.2, 0.25) is 0 Å². The van der Waals surface area contributed by atoms with E-state index in [-0.39, 0.29) is 5.54 Å². The van der Waals surface area contributed by atoms with Crippen molar-refractivity contribution in [3.8, 4) is 0 Å². The van der Waals surface area contributed by atoms with Gasteiger partial charge in [0.15, 0.2) is 0 Å². The molecule has 0 aromatic heterocycles. The summed E-state index contributed by atoms with van der Waals surface area (Å²) in [5, 5.41) is 0. The molecule has 0 amide bonds.